The Balaban J connectivity index is 2.42. The van der Waals surface area contributed by atoms with Crippen LogP contribution in [0.25, 0.3) is 0 Å². The Morgan fingerprint density at radius 2 is 1.81 bits per heavy atom. The monoisotopic (exact) mass is 301 g/mol. The largest absolute Gasteiger partial charge is 0.444 e. The van der Waals surface area contributed by atoms with E-state index in [1.54, 1.807) is 12.0 Å². The van der Waals surface area contributed by atoms with Gasteiger partial charge in [-0.25, -0.2) is 4.79 Å². The molecule has 5 nitrogen and oxygen atoms in total. The van der Waals surface area contributed by atoms with E-state index in [4.69, 9.17) is 14.2 Å². The Morgan fingerprint density at radius 3 is 2.29 bits per heavy atom. The van der Waals surface area contributed by atoms with Crippen LogP contribution in [-0.4, -0.2) is 55.6 Å². The summed E-state index contributed by atoms with van der Waals surface area (Å²) < 4.78 is 16.6. The molecule has 1 aliphatic rings. The van der Waals surface area contributed by atoms with Gasteiger partial charge in [-0.2, -0.15) is 0 Å². The fourth-order valence-electron chi connectivity index (χ4n) is 2.52. The third-order valence-electron chi connectivity index (χ3n) is 3.87. The molecular formula is C16H31NO4. The number of piperidine rings is 1. The van der Waals surface area contributed by atoms with Gasteiger partial charge in [0.25, 0.3) is 0 Å². The van der Waals surface area contributed by atoms with Crippen LogP contribution >= 0.6 is 0 Å². The van der Waals surface area contributed by atoms with Crippen molar-refractivity contribution < 1.29 is 19.0 Å². The summed E-state index contributed by atoms with van der Waals surface area (Å²) in [5.74, 6) is 0. The second-order valence-electron chi connectivity index (χ2n) is 6.70. The summed E-state index contributed by atoms with van der Waals surface area (Å²) in [6, 6.07) is 0. The molecule has 0 N–H and O–H groups in total. The smallest absolute Gasteiger partial charge is 0.410 e. The van der Waals surface area contributed by atoms with E-state index >= 15 is 0 Å². The summed E-state index contributed by atoms with van der Waals surface area (Å²) in [4.78, 5) is 13.8. The minimum atomic E-state index is -0.437. The molecule has 1 heterocycles. The molecule has 0 unspecified atom stereocenters. The zero-order valence-electron chi connectivity index (χ0n) is 14.2. The maximum absolute atomic E-state index is 12.1. The van der Waals surface area contributed by atoms with Crippen LogP contribution in [0.4, 0.5) is 4.79 Å². The van der Waals surface area contributed by atoms with Gasteiger partial charge in [-0.3, -0.25) is 0 Å². The average Bonchev–Trinajstić information content (AvgIpc) is 2.42. The highest BCUT2D eigenvalue weighted by Crippen LogP contribution is 2.30. The van der Waals surface area contributed by atoms with Gasteiger partial charge in [0, 0.05) is 33.4 Å². The molecule has 0 spiro atoms. The summed E-state index contributed by atoms with van der Waals surface area (Å²) in [5.41, 5.74) is -0.528. The van der Waals surface area contributed by atoms with Crippen LogP contribution in [-0.2, 0) is 14.2 Å². The number of hydrogen-bond acceptors (Lipinski definition) is 4. The lowest BCUT2D eigenvalue weighted by molar-refractivity contribution is -0.0899. The summed E-state index contributed by atoms with van der Waals surface area (Å²) in [7, 11) is 1.70. The number of amides is 1. The van der Waals surface area contributed by atoms with Gasteiger partial charge in [0.2, 0.25) is 0 Å². The SMILES string of the molecule is CCC1(OCCCOC)CCN(C(=O)OC(C)(C)C)CC1. The normalized spacial score (nSPS) is 18.6. The van der Waals surface area contributed by atoms with Crippen molar-refractivity contribution in [2.24, 2.45) is 0 Å². The topological polar surface area (TPSA) is 48.0 Å². The molecule has 1 amide bonds. The van der Waals surface area contributed by atoms with Gasteiger partial charge < -0.3 is 19.1 Å². The van der Waals surface area contributed by atoms with Crippen molar-refractivity contribution in [3.63, 3.8) is 0 Å². The first-order valence-electron chi connectivity index (χ1n) is 7.93. The number of ether oxygens (including phenoxy) is 3. The van der Waals surface area contributed by atoms with Gasteiger partial charge >= 0.3 is 6.09 Å². The van der Waals surface area contributed by atoms with E-state index in [2.05, 4.69) is 6.92 Å². The summed E-state index contributed by atoms with van der Waals surface area (Å²) >= 11 is 0. The maximum Gasteiger partial charge on any atom is 0.410 e. The molecule has 1 aliphatic heterocycles. The predicted molar refractivity (Wildman–Crippen MR) is 82.5 cm³/mol. The summed E-state index contributed by atoms with van der Waals surface area (Å²) in [6.45, 7) is 10.7. The van der Waals surface area contributed by atoms with Crippen molar-refractivity contribution >= 4 is 6.09 Å². The van der Waals surface area contributed by atoms with Crippen molar-refractivity contribution in [3.8, 4) is 0 Å². The number of methoxy groups -OCH3 is 1. The molecule has 0 aliphatic carbocycles. The molecule has 0 aromatic carbocycles. The number of nitrogens with zero attached hydrogens (tertiary/aromatic N) is 1. The molecule has 0 aromatic rings. The highest BCUT2D eigenvalue weighted by atomic mass is 16.6. The van der Waals surface area contributed by atoms with Crippen LogP contribution in [0.15, 0.2) is 0 Å². The molecule has 0 atom stereocenters. The number of likely N-dealkylation sites (tertiary alicyclic amines) is 1. The Labute approximate surface area is 128 Å². The molecule has 0 bridgehead atoms. The number of hydrogen-bond donors (Lipinski definition) is 0. The molecule has 0 aromatic heterocycles. The molecule has 1 fully saturated rings. The van der Waals surface area contributed by atoms with Crippen LogP contribution in [0.3, 0.4) is 0 Å². The van der Waals surface area contributed by atoms with Crippen LogP contribution in [0.5, 0.6) is 0 Å². The van der Waals surface area contributed by atoms with Crippen molar-refractivity contribution in [2.45, 2.75) is 64.6 Å². The highest BCUT2D eigenvalue weighted by molar-refractivity contribution is 5.68. The summed E-state index contributed by atoms with van der Waals surface area (Å²) in [6.07, 6.45) is 3.41. The molecule has 0 saturated carbocycles. The highest BCUT2D eigenvalue weighted by Gasteiger charge is 2.36. The molecule has 5 heteroatoms. The Hall–Kier alpha value is -0.810. The van der Waals surface area contributed by atoms with E-state index in [0.29, 0.717) is 19.7 Å². The fraction of sp³-hybridized carbons (Fsp3) is 0.938. The molecule has 21 heavy (non-hydrogen) atoms. The third-order valence-corrected chi connectivity index (χ3v) is 3.87. The fourth-order valence-corrected chi connectivity index (χ4v) is 2.52. The van der Waals surface area contributed by atoms with E-state index in [1.165, 1.54) is 0 Å². The molecule has 124 valence electrons. The zero-order chi connectivity index (χ0) is 15.9. The van der Waals surface area contributed by atoms with Crippen LogP contribution < -0.4 is 0 Å². The Bertz CT molecular complexity index is 317. The first-order chi connectivity index (χ1) is 9.82. The predicted octanol–water partition coefficient (Wildman–Crippen LogP) is 3.22. The standard InChI is InChI=1S/C16H31NO4/c1-6-16(20-13-7-12-19-5)8-10-17(11-9-16)14(18)21-15(2,3)4/h6-13H2,1-5H3. The van der Waals surface area contributed by atoms with Gasteiger partial charge in [0.05, 0.1) is 5.60 Å². The first kappa shape index (κ1) is 18.2. The lowest BCUT2D eigenvalue weighted by atomic mass is 9.88. The quantitative estimate of drug-likeness (QED) is 0.707. The van der Waals surface area contributed by atoms with Crippen molar-refractivity contribution in [2.75, 3.05) is 33.4 Å². The maximum atomic E-state index is 12.1. The second kappa shape index (κ2) is 7.99. The minimum absolute atomic E-state index is 0.0910. The van der Waals surface area contributed by atoms with Crippen LogP contribution in [0, 0.1) is 0 Å². The number of carbonyl (C=O) groups is 1. The molecule has 0 radical (unpaired) electrons. The van der Waals surface area contributed by atoms with E-state index in [9.17, 15) is 4.79 Å². The lowest BCUT2D eigenvalue weighted by Gasteiger charge is -2.41. The second-order valence-corrected chi connectivity index (χ2v) is 6.70. The van der Waals surface area contributed by atoms with Gasteiger partial charge in [-0.05, 0) is 46.5 Å². The molecular weight excluding hydrogens is 270 g/mol. The third kappa shape index (κ3) is 6.22. The molecule has 1 rings (SSSR count). The molecule has 1 saturated heterocycles. The van der Waals surface area contributed by atoms with E-state index in [1.807, 2.05) is 20.8 Å². The minimum Gasteiger partial charge on any atom is -0.444 e. The number of carbonyl (C=O) groups excluding carboxylic acids is 1. The zero-order valence-corrected chi connectivity index (χ0v) is 14.2. The van der Waals surface area contributed by atoms with Gasteiger partial charge in [-0.15, -0.1) is 0 Å². The first-order valence-corrected chi connectivity index (χ1v) is 7.93. The van der Waals surface area contributed by atoms with Crippen molar-refractivity contribution in [3.05, 3.63) is 0 Å². The Morgan fingerprint density at radius 1 is 1.19 bits per heavy atom. The van der Waals surface area contributed by atoms with Gasteiger partial charge in [0.15, 0.2) is 0 Å². The van der Waals surface area contributed by atoms with Gasteiger partial charge in [-0.1, -0.05) is 6.92 Å². The Kier molecular flexibility index (Phi) is 6.94. The van der Waals surface area contributed by atoms with Crippen LogP contribution in [0.1, 0.15) is 53.4 Å². The number of rotatable bonds is 6. The summed E-state index contributed by atoms with van der Waals surface area (Å²) in [5, 5.41) is 0. The van der Waals surface area contributed by atoms with Crippen molar-refractivity contribution in [1.29, 1.82) is 0 Å². The van der Waals surface area contributed by atoms with E-state index in [-0.39, 0.29) is 11.7 Å². The lowest BCUT2D eigenvalue weighted by Crippen LogP contribution is -2.49. The van der Waals surface area contributed by atoms with E-state index in [0.717, 1.165) is 32.3 Å². The van der Waals surface area contributed by atoms with Crippen molar-refractivity contribution in [1.82, 2.24) is 4.90 Å². The average molecular weight is 301 g/mol. The van der Waals surface area contributed by atoms with Crippen LogP contribution in [0.2, 0.25) is 0 Å². The van der Waals surface area contributed by atoms with E-state index < -0.39 is 5.60 Å². The van der Waals surface area contributed by atoms with Gasteiger partial charge in [0.1, 0.15) is 5.60 Å².